The molecule has 6 nitrogen and oxygen atoms in total. The Hall–Kier alpha value is -2.22. The summed E-state index contributed by atoms with van der Waals surface area (Å²) in [7, 11) is 0. The van der Waals surface area contributed by atoms with Crippen LogP contribution in [0.3, 0.4) is 0 Å². The molecule has 0 aliphatic carbocycles. The lowest BCUT2D eigenvalue weighted by molar-refractivity contribution is 0.0628. The molecule has 1 atom stereocenters. The predicted octanol–water partition coefficient (Wildman–Crippen LogP) is 3.64. The highest BCUT2D eigenvalue weighted by molar-refractivity contribution is 7.12. The topological polar surface area (TPSA) is 53.1 Å². The Labute approximate surface area is 194 Å². The van der Waals surface area contributed by atoms with Crippen molar-refractivity contribution in [2.45, 2.75) is 32.2 Å². The van der Waals surface area contributed by atoms with Crippen molar-refractivity contribution in [3.8, 4) is 5.75 Å². The Kier molecular flexibility index (Phi) is 7.95. The van der Waals surface area contributed by atoms with Gasteiger partial charge in [-0.3, -0.25) is 14.5 Å². The molecule has 1 aromatic carbocycles. The highest BCUT2D eigenvalue weighted by Gasteiger charge is 2.24. The van der Waals surface area contributed by atoms with Gasteiger partial charge in [0.15, 0.2) is 5.78 Å². The average Bonchev–Trinajstić information content (AvgIpc) is 3.49. The first-order chi connectivity index (χ1) is 15.6. The van der Waals surface area contributed by atoms with E-state index in [1.165, 1.54) is 30.7 Å². The minimum atomic E-state index is 0.0940. The van der Waals surface area contributed by atoms with Gasteiger partial charge in [0, 0.05) is 44.3 Å². The SMILES string of the molecule is C[C@@H]1CCCN1CCCOc1ccc(C(=O)CN2CCN(C(=O)c3cccs3)CC2)cc1. The number of amides is 1. The lowest BCUT2D eigenvalue weighted by atomic mass is 10.1. The van der Waals surface area contributed by atoms with E-state index in [1.54, 1.807) is 0 Å². The van der Waals surface area contributed by atoms with Gasteiger partial charge in [-0.25, -0.2) is 0 Å². The third-order valence-corrected chi connectivity index (χ3v) is 7.34. The molecule has 2 saturated heterocycles. The van der Waals surface area contributed by atoms with Crippen molar-refractivity contribution in [1.29, 1.82) is 0 Å². The van der Waals surface area contributed by atoms with Crippen molar-refractivity contribution in [2.75, 3.05) is 52.4 Å². The number of nitrogens with zero attached hydrogens (tertiary/aromatic N) is 3. The number of benzene rings is 1. The lowest BCUT2D eigenvalue weighted by Crippen LogP contribution is -2.49. The molecule has 0 N–H and O–H groups in total. The zero-order chi connectivity index (χ0) is 22.3. The van der Waals surface area contributed by atoms with Crippen LogP contribution in [0, 0.1) is 0 Å². The first-order valence-corrected chi connectivity index (χ1v) is 12.5. The molecule has 7 heteroatoms. The summed E-state index contributed by atoms with van der Waals surface area (Å²) in [6.45, 7) is 8.44. The molecule has 0 unspecified atom stereocenters. The number of thiophene rings is 1. The molecule has 2 aromatic rings. The summed E-state index contributed by atoms with van der Waals surface area (Å²) in [5.74, 6) is 1.02. The Bertz CT molecular complexity index is 876. The third kappa shape index (κ3) is 5.97. The summed E-state index contributed by atoms with van der Waals surface area (Å²) in [5, 5.41) is 1.92. The molecule has 0 spiro atoms. The monoisotopic (exact) mass is 455 g/mol. The van der Waals surface area contributed by atoms with Crippen molar-refractivity contribution in [1.82, 2.24) is 14.7 Å². The minimum absolute atomic E-state index is 0.0940. The third-order valence-electron chi connectivity index (χ3n) is 6.48. The zero-order valence-electron chi connectivity index (χ0n) is 18.9. The van der Waals surface area contributed by atoms with E-state index in [2.05, 4.69) is 16.7 Å². The first-order valence-electron chi connectivity index (χ1n) is 11.7. The number of likely N-dealkylation sites (tertiary alicyclic amines) is 1. The largest absolute Gasteiger partial charge is 0.494 e. The summed E-state index contributed by atoms with van der Waals surface area (Å²) in [4.78, 5) is 32.5. The van der Waals surface area contributed by atoms with Crippen LogP contribution in [0.2, 0.25) is 0 Å². The van der Waals surface area contributed by atoms with Crippen LogP contribution in [0.4, 0.5) is 0 Å². The fourth-order valence-electron chi connectivity index (χ4n) is 4.48. The summed E-state index contributed by atoms with van der Waals surface area (Å²) in [5.41, 5.74) is 0.709. The van der Waals surface area contributed by atoms with E-state index >= 15 is 0 Å². The van der Waals surface area contributed by atoms with E-state index in [0.717, 1.165) is 36.7 Å². The number of hydrogen-bond donors (Lipinski definition) is 0. The fraction of sp³-hybridized carbons (Fsp3) is 0.520. The van der Waals surface area contributed by atoms with E-state index in [1.807, 2.05) is 46.7 Å². The highest BCUT2D eigenvalue weighted by atomic mass is 32.1. The highest BCUT2D eigenvalue weighted by Crippen LogP contribution is 2.18. The van der Waals surface area contributed by atoms with Crippen molar-refractivity contribution < 1.29 is 14.3 Å². The number of rotatable bonds is 9. The molecule has 1 amide bonds. The van der Waals surface area contributed by atoms with Gasteiger partial charge in [-0.1, -0.05) is 6.07 Å². The predicted molar refractivity (Wildman–Crippen MR) is 128 cm³/mol. The van der Waals surface area contributed by atoms with E-state index < -0.39 is 0 Å². The standard InChI is InChI=1S/C25H33N3O3S/c1-20-5-2-11-27(20)12-4-17-31-22-9-7-21(8-10-22)23(29)19-26-13-15-28(16-14-26)25(30)24-6-3-18-32-24/h3,6-10,18,20H,2,4-5,11-17,19H2,1H3/t20-/m1/s1. The molecule has 0 saturated carbocycles. The van der Waals surface area contributed by atoms with Gasteiger partial charge in [-0.2, -0.15) is 0 Å². The maximum atomic E-state index is 12.7. The lowest BCUT2D eigenvalue weighted by Gasteiger charge is -2.34. The van der Waals surface area contributed by atoms with Crippen LogP contribution in [-0.4, -0.2) is 84.9 Å². The second-order valence-electron chi connectivity index (χ2n) is 8.72. The van der Waals surface area contributed by atoms with Gasteiger partial charge in [0.2, 0.25) is 0 Å². The number of carbonyl (C=O) groups is 2. The molecular formula is C25H33N3O3S. The minimum Gasteiger partial charge on any atom is -0.494 e. The maximum absolute atomic E-state index is 12.7. The van der Waals surface area contributed by atoms with Crippen LogP contribution < -0.4 is 4.74 Å². The molecule has 1 aromatic heterocycles. The number of carbonyl (C=O) groups excluding carboxylic acids is 2. The van der Waals surface area contributed by atoms with Gasteiger partial charge in [0.25, 0.3) is 5.91 Å². The van der Waals surface area contributed by atoms with Gasteiger partial charge >= 0.3 is 0 Å². The van der Waals surface area contributed by atoms with Crippen LogP contribution in [0.25, 0.3) is 0 Å². The molecule has 2 aliphatic rings. The summed E-state index contributed by atoms with van der Waals surface area (Å²) in [6, 6.07) is 12.0. The second-order valence-corrected chi connectivity index (χ2v) is 9.67. The average molecular weight is 456 g/mol. The molecule has 32 heavy (non-hydrogen) atoms. The van der Waals surface area contributed by atoms with Gasteiger partial charge in [-0.05, 0) is 68.4 Å². The van der Waals surface area contributed by atoms with Gasteiger partial charge < -0.3 is 14.5 Å². The number of ketones is 1. The Morgan fingerprint density at radius 3 is 2.50 bits per heavy atom. The zero-order valence-corrected chi connectivity index (χ0v) is 19.7. The van der Waals surface area contributed by atoms with E-state index in [4.69, 9.17) is 4.74 Å². The smallest absolute Gasteiger partial charge is 0.264 e. The normalized spacial score (nSPS) is 19.9. The number of piperazine rings is 1. The van der Waals surface area contributed by atoms with Gasteiger partial charge in [0.1, 0.15) is 5.75 Å². The number of ether oxygens (including phenoxy) is 1. The maximum Gasteiger partial charge on any atom is 0.264 e. The summed E-state index contributed by atoms with van der Waals surface area (Å²) >= 11 is 1.47. The van der Waals surface area contributed by atoms with Crippen molar-refractivity contribution in [3.63, 3.8) is 0 Å². The van der Waals surface area contributed by atoms with E-state index in [-0.39, 0.29) is 11.7 Å². The van der Waals surface area contributed by atoms with Crippen molar-refractivity contribution in [2.24, 2.45) is 0 Å². The second kappa shape index (κ2) is 11.1. The number of Topliss-reactive ketones (excluding diaryl/α,β-unsaturated/α-hetero) is 1. The van der Waals surface area contributed by atoms with Gasteiger partial charge in [0.05, 0.1) is 18.0 Å². The van der Waals surface area contributed by atoms with Crippen LogP contribution in [0.15, 0.2) is 41.8 Å². The fourth-order valence-corrected chi connectivity index (χ4v) is 5.17. The number of hydrogen-bond acceptors (Lipinski definition) is 6. The molecule has 2 aliphatic heterocycles. The molecule has 2 fully saturated rings. The van der Waals surface area contributed by atoms with Crippen molar-refractivity contribution in [3.05, 3.63) is 52.2 Å². The van der Waals surface area contributed by atoms with E-state index in [9.17, 15) is 9.59 Å². The molecule has 172 valence electrons. The first kappa shape index (κ1) is 23.0. The van der Waals surface area contributed by atoms with Crippen LogP contribution in [-0.2, 0) is 0 Å². The van der Waals surface area contributed by atoms with E-state index in [0.29, 0.717) is 37.8 Å². The molecular weight excluding hydrogens is 422 g/mol. The summed E-state index contributed by atoms with van der Waals surface area (Å²) < 4.78 is 5.87. The molecule has 4 rings (SSSR count). The Balaban J connectivity index is 1.17. The Morgan fingerprint density at radius 2 is 1.84 bits per heavy atom. The molecule has 0 radical (unpaired) electrons. The van der Waals surface area contributed by atoms with Gasteiger partial charge in [-0.15, -0.1) is 11.3 Å². The van der Waals surface area contributed by atoms with Crippen LogP contribution in [0.1, 0.15) is 46.2 Å². The quantitative estimate of drug-likeness (QED) is 0.427. The van der Waals surface area contributed by atoms with Crippen LogP contribution in [0.5, 0.6) is 5.75 Å². The molecule has 3 heterocycles. The van der Waals surface area contributed by atoms with Crippen molar-refractivity contribution >= 4 is 23.0 Å². The molecule has 0 bridgehead atoms. The van der Waals surface area contributed by atoms with Crippen LogP contribution >= 0.6 is 11.3 Å². The summed E-state index contributed by atoms with van der Waals surface area (Å²) in [6.07, 6.45) is 3.63. The Morgan fingerprint density at radius 1 is 1.06 bits per heavy atom.